The molecule has 1 rings (SSSR count). The fourth-order valence-corrected chi connectivity index (χ4v) is 1.22. The molecule has 3 N–H and O–H groups in total. The highest BCUT2D eigenvalue weighted by atomic mass is 35.5. The molecule has 0 spiro atoms. The molecule has 0 radical (unpaired) electrons. The van der Waals surface area contributed by atoms with Gasteiger partial charge in [0.1, 0.15) is 10.6 Å². The number of halogens is 1. The average Bonchev–Trinajstić information content (AvgIpc) is 2.06. The molecule has 0 aromatic carbocycles. The van der Waals surface area contributed by atoms with Crippen LogP contribution >= 0.6 is 11.6 Å². The normalized spacial score (nSPS) is 11.0. The summed E-state index contributed by atoms with van der Waals surface area (Å²) in [4.78, 5) is 11.4. The molecule has 0 aliphatic carbocycles. The molecule has 88 valence electrons. The molecule has 0 aliphatic rings. The number of carbonyl (C=O) groups is 1. The predicted octanol–water partition coefficient (Wildman–Crippen LogP) is 1.69. The lowest BCUT2D eigenvalue weighted by atomic mass is 10.2. The Morgan fingerprint density at radius 1 is 1.56 bits per heavy atom. The number of hydrogen-bond donors (Lipinski definition) is 2. The standard InChI is InChI=1S/C10H14ClN3O2/c1-10(2,3)16-9(15)13-8-4-5-14(12)6-7(8)11/h4-6H,12H2,1-3H3/p+1. The molecular weight excluding hydrogens is 230 g/mol. The van der Waals surface area contributed by atoms with Crippen molar-refractivity contribution in [3.8, 4) is 0 Å². The van der Waals surface area contributed by atoms with Crippen LogP contribution in [0.4, 0.5) is 10.5 Å². The van der Waals surface area contributed by atoms with Gasteiger partial charge in [-0.2, -0.15) is 0 Å². The first-order chi connectivity index (χ1) is 7.28. The van der Waals surface area contributed by atoms with E-state index in [1.54, 1.807) is 33.0 Å². The van der Waals surface area contributed by atoms with Crippen LogP contribution in [0.3, 0.4) is 0 Å². The lowest BCUT2D eigenvalue weighted by Crippen LogP contribution is -2.43. The first-order valence-electron chi connectivity index (χ1n) is 4.74. The van der Waals surface area contributed by atoms with Crippen LogP contribution in [0, 0.1) is 0 Å². The van der Waals surface area contributed by atoms with E-state index in [0.717, 1.165) is 0 Å². The third-order valence-corrected chi connectivity index (χ3v) is 1.87. The van der Waals surface area contributed by atoms with Gasteiger partial charge in [0, 0.05) is 6.07 Å². The Morgan fingerprint density at radius 2 is 2.19 bits per heavy atom. The smallest absolute Gasteiger partial charge is 0.412 e. The summed E-state index contributed by atoms with van der Waals surface area (Å²) in [6, 6.07) is 1.59. The van der Waals surface area contributed by atoms with Gasteiger partial charge in [-0.1, -0.05) is 16.3 Å². The van der Waals surface area contributed by atoms with Crippen LogP contribution in [-0.4, -0.2) is 11.7 Å². The number of nitrogens with two attached hydrogens (primary N) is 1. The quantitative estimate of drug-likeness (QED) is 0.584. The number of rotatable bonds is 1. The van der Waals surface area contributed by atoms with Crippen LogP contribution in [-0.2, 0) is 4.74 Å². The zero-order valence-electron chi connectivity index (χ0n) is 9.45. The Hall–Kier alpha value is -1.49. The van der Waals surface area contributed by atoms with Crippen molar-refractivity contribution in [2.45, 2.75) is 26.4 Å². The Morgan fingerprint density at radius 3 is 2.69 bits per heavy atom. The lowest BCUT2D eigenvalue weighted by molar-refractivity contribution is -0.638. The summed E-state index contributed by atoms with van der Waals surface area (Å²) in [7, 11) is 0. The number of hydrogen-bond acceptors (Lipinski definition) is 3. The summed E-state index contributed by atoms with van der Waals surface area (Å²) in [5, 5.41) is 2.88. The van der Waals surface area contributed by atoms with Gasteiger partial charge < -0.3 is 4.74 Å². The lowest BCUT2D eigenvalue weighted by Gasteiger charge is -2.19. The van der Waals surface area contributed by atoms with Gasteiger partial charge >= 0.3 is 6.09 Å². The minimum absolute atomic E-state index is 0.343. The molecule has 1 amide bonds. The SMILES string of the molecule is CC(C)(C)OC(=O)Nc1cc[n+](N)cc1Cl. The number of nitrogen functional groups attached to an aromatic ring is 1. The number of nitrogens with one attached hydrogen (secondary N) is 1. The zero-order chi connectivity index (χ0) is 12.3. The summed E-state index contributed by atoms with van der Waals surface area (Å²) in [6.07, 6.45) is 2.50. The summed E-state index contributed by atoms with van der Waals surface area (Å²) in [6.45, 7) is 5.35. The van der Waals surface area contributed by atoms with E-state index in [0.29, 0.717) is 10.7 Å². The van der Waals surface area contributed by atoms with Crippen LogP contribution in [0.15, 0.2) is 18.5 Å². The maximum atomic E-state index is 11.4. The second kappa shape index (κ2) is 4.57. The molecule has 0 aliphatic heterocycles. The van der Waals surface area contributed by atoms with E-state index < -0.39 is 11.7 Å². The highest BCUT2D eigenvalue weighted by Crippen LogP contribution is 2.19. The molecule has 1 aromatic heterocycles. The van der Waals surface area contributed by atoms with Crippen molar-refractivity contribution in [2.24, 2.45) is 0 Å². The summed E-state index contributed by atoms with van der Waals surface area (Å²) >= 11 is 5.87. The van der Waals surface area contributed by atoms with E-state index in [1.165, 1.54) is 10.9 Å². The van der Waals surface area contributed by atoms with Gasteiger partial charge in [0.05, 0.1) is 5.69 Å². The van der Waals surface area contributed by atoms with Gasteiger partial charge in [-0.05, 0) is 20.8 Å². The topological polar surface area (TPSA) is 68.2 Å². The van der Waals surface area contributed by atoms with Gasteiger partial charge in [0.2, 0.25) is 12.4 Å². The van der Waals surface area contributed by atoms with Gasteiger partial charge in [-0.3, -0.25) is 5.32 Å². The van der Waals surface area contributed by atoms with Crippen molar-refractivity contribution < 1.29 is 14.2 Å². The minimum atomic E-state index is -0.552. The van der Waals surface area contributed by atoms with Gasteiger partial charge in [-0.15, -0.1) is 0 Å². The molecule has 16 heavy (non-hydrogen) atoms. The van der Waals surface area contributed by atoms with Crippen molar-refractivity contribution >= 4 is 23.4 Å². The molecular formula is C10H15ClN3O2+. The summed E-state index contributed by atoms with van der Waals surface area (Å²) in [5.41, 5.74) is -0.0864. The zero-order valence-corrected chi connectivity index (χ0v) is 10.2. The molecule has 1 aromatic rings. The van der Waals surface area contributed by atoms with Crippen LogP contribution in [0.2, 0.25) is 5.02 Å². The number of nitrogens with zero attached hydrogens (tertiary/aromatic N) is 1. The fourth-order valence-electron chi connectivity index (χ4n) is 0.999. The predicted molar refractivity (Wildman–Crippen MR) is 61.7 cm³/mol. The molecule has 0 bridgehead atoms. The Bertz CT molecular complexity index is 402. The number of ether oxygens (including phenoxy) is 1. The third-order valence-electron chi connectivity index (χ3n) is 1.57. The average molecular weight is 245 g/mol. The first kappa shape index (κ1) is 12.6. The summed E-state index contributed by atoms with van der Waals surface area (Å²) < 4.78 is 6.37. The monoisotopic (exact) mass is 244 g/mol. The van der Waals surface area contributed by atoms with Gasteiger partial charge in [0.15, 0.2) is 0 Å². The van der Waals surface area contributed by atoms with E-state index in [4.69, 9.17) is 22.2 Å². The Labute approximate surface area is 99.1 Å². The van der Waals surface area contributed by atoms with E-state index in [-0.39, 0.29) is 0 Å². The molecule has 6 heteroatoms. The molecule has 0 saturated heterocycles. The van der Waals surface area contributed by atoms with Crippen LogP contribution in [0.1, 0.15) is 20.8 Å². The molecule has 0 fully saturated rings. The van der Waals surface area contributed by atoms with Crippen LogP contribution in [0.25, 0.3) is 0 Å². The maximum Gasteiger partial charge on any atom is 0.412 e. The maximum absolute atomic E-state index is 11.4. The number of carbonyl (C=O) groups excluding carboxylic acids is 1. The van der Waals surface area contributed by atoms with Crippen LogP contribution < -0.4 is 15.8 Å². The van der Waals surface area contributed by atoms with Crippen molar-refractivity contribution in [1.29, 1.82) is 0 Å². The Balaban J connectivity index is 2.70. The van der Waals surface area contributed by atoms with E-state index >= 15 is 0 Å². The second-order valence-corrected chi connectivity index (χ2v) is 4.69. The minimum Gasteiger partial charge on any atom is -0.444 e. The van der Waals surface area contributed by atoms with Crippen molar-refractivity contribution in [2.75, 3.05) is 11.2 Å². The summed E-state index contributed by atoms with van der Waals surface area (Å²) in [5.74, 6) is 5.45. The number of aromatic nitrogens is 1. The Kier molecular flexibility index (Phi) is 3.59. The molecule has 0 atom stereocenters. The molecule has 0 unspecified atom stereocenters. The van der Waals surface area contributed by atoms with Crippen molar-refractivity contribution in [3.05, 3.63) is 23.5 Å². The molecule has 5 nitrogen and oxygen atoms in total. The first-order valence-corrected chi connectivity index (χ1v) is 5.11. The molecule has 1 heterocycles. The van der Waals surface area contributed by atoms with Gasteiger partial charge in [-0.25, -0.2) is 10.6 Å². The number of anilines is 1. The van der Waals surface area contributed by atoms with Gasteiger partial charge in [0.25, 0.3) is 0 Å². The second-order valence-electron chi connectivity index (χ2n) is 4.28. The highest BCUT2D eigenvalue weighted by Gasteiger charge is 2.17. The highest BCUT2D eigenvalue weighted by molar-refractivity contribution is 6.33. The van der Waals surface area contributed by atoms with E-state index in [1.807, 2.05) is 0 Å². The number of pyridine rings is 1. The largest absolute Gasteiger partial charge is 0.444 e. The van der Waals surface area contributed by atoms with Crippen molar-refractivity contribution in [3.63, 3.8) is 0 Å². The van der Waals surface area contributed by atoms with Crippen molar-refractivity contribution in [1.82, 2.24) is 0 Å². The molecule has 0 saturated carbocycles. The third kappa shape index (κ3) is 3.94. The number of amides is 1. The van der Waals surface area contributed by atoms with E-state index in [2.05, 4.69) is 5.32 Å². The fraction of sp³-hybridized carbons (Fsp3) is 0.400. The van der Waals surface area contributed by atoms with E-state index in [9.17, 15) is 4.79 Å². The van der Waals surface area contributed by atoms with Crippen LogP contribution in [0.5, 0.6) is 0 Å².